The zero-order chi connectivity index (χ0) is 34.0. The van der Waals surface area contributed by atoms with Gasteiger partial charge >= 0.3 is 0 Å². The molecule has 0 aliphatic carbocycles. The second-order valence-corrected chi connectivity index (χ2v) is 14.2. The largest absolute Gasteiger partial charge is 0.494 e. The monoisotopic (exact) mass is 719 g/mol. The molecule has 0 aromatic heterocycles. The fourth-order valence-electron chi connectivity index (χ4n) is 5.07. The lowest BCUT2D eigenvalue weighted by atomic mass is 10.0. The van der Waals surface area contributed by atoms with E-state index >= 15 is 0 Å². The summed E-state index contributed by atoms with van der Waals surface area (Å²) in [5, 5.41) is 3.06. The lowest BCUT2D eigenvalue weighted by Crippen LogP contribution is -2.54. The van der Waals surface area contributed by atoms with E-state index in [1.165, 1.54) is 17.0 Å². The third-order valence-electron chi connectivity index (χ3n) is 7.84. The van der Waals surface area contributed by atoms with E-state index in [4.69, 9.17) is 4.74 Å². The summed E-state index contributed by atoms with van der Waals surface area (Å²) in [5.74, 6) is -0.244. The van der Waals surface area contributed by atoms with E-state index in [0.717, 1.165) is 25.5 Å². The Kier molecular flexibility index (Phi) is 12.6. The van der Waals surface area contributed by atoms with E-state index < -0.39 is 28.5 Å². The summed E-state index contributed by atoms with van der Waals surface area (Å²) in [5.41, 5.74) is 2.87. The normalized spacial score (nSPS) is 12.5. The van der Waals surface area contributed by atoms with E-state index in [1.807, 2.05) is 82.3 Å². The first-order chi connectivity index (χ1) is 22.5. The van der Waals surface area contributed by atoms with Gasteiger partial charge in [-0.3, -0.25) is 13.9 Å². The second-order valence-electron chi connectivity index (χ2n) is 11.4. The van der Waals surface area contributed by atoms with E-state index in [0.29, 0.717) is 24.5 Å². The minimum Gasteiger partial charge on any atom is -0.494 e. The molecule has 0 aliphatic rings. The molecule has 0 spiro atoms. The number of nitrogens with one attached hydrogen (secondary N) is 1. The number of anilines is 1. The van der Waals surface area contributed by atoms with Gasteiger partial charge in [0, 0.05) is 23.5 Å². The molecule has 2 amide bonds. The molecule has 0 bridgehead atoms. The van der Waals surface area contributed by atoms with Crippen LogP contribution in [0.2, 0.25) is 0 Å². The van der Waals surface area contributed by atoms with Crippen LogP contribution in [-0.2, 0) is 32.6 Å². The Labute approximate surface area is 286 Å². The van der Waals surface area contributed by atoms with Crippen molar-refractivity contribution in [2.24, 2.45) is 0 Å². The molecule has 1 N–H and O–H groups in total. The van der Waals surface area contributed by atoms with Crippen LogP contribution in [0.5, 0.6) is 5.75 Å². The molecule has 0 radical (unpaired) electrons. The highest BCUT2D eigenvalue weighted by atomic mass is 79.9. The summed E-state index contributed by atoms with van der Waals surface area (Å²) >= 11 is 3.52. The van der Waals surface area contributed by atoms with Gasteiger partial charge in [0.05, 0.1) is 17.2 Å². The number of carbonyl (C=O) groups excluding carboxylic acids is 2. The molecule has 0 saturated heterocycles. The average molecular weight is 721 g/mol. The van der Waals surface area contributed by atoms with E-state index in [1.54, 1.807) is 36.4 Å². The van der Waals surface area contributed by atoms with Gasteiger partial charge in [-0.15, -0.1) is 0 Å². The molecule has 0 saturated carbocycles. The molecule has 8 nitrogen and oxygen atoms in total. The highest BCUT2D eigenvalue weighted by Gasteiger charge is 2.35. The van der Waals surface area contributed by atoms with Gasteiger partial charge in [0.15, 0.2) is 0 Å². The summed E-state index contributed by atoms with van der Waals surface area (Å²) in [6, 6.07) is 29.1. The molecule has 4 aromatic carbocycles. The number of halogens is 1. The summed E-state index contributed by atoms with van der Waals surface area (Å²) in [7, 11) is -4.19. The van der Waals surface area contributed by atoms with Gasteiger partial charge in [-0.25, -0.2) is 8.42 Å². The SMILES string of the molecule is CCOc1ccc(N(CC(=O)N(Cc2cccc(Br)c2)[C@@H](Cc2ccccc2)C(=O)N[C@@H](C)CC)S(=O)(=O)c2ccc(C)cc2)cc1. The third kappa shape index (κ3) is 9.68. The zero-order valence-electron chi connectivity index (χ0n) is 27.2. The lowest BCUT2D eigenvalue weighted by molar-refractivity contribution is -0.140. The Morgan fingerprint density at radius 3 is 2.15 bits per heavy atom. The first kappa shape index (κ1) is 35.7. The highest BCUT2D eigenvalue weighted by molar-refractivity contribution is 9.10. The van der Waals surface area contributed by atoms with Crippen molar-refractivity contribution in [3.63, 3.8) is 0 Å². The predicted octanol–water partition coefficient (Wildman–Crippen LogP) is 6.91. The first-order valence-corrected chi connectivity index (χ1v) is 18.0. The van der Waals surface area contributed by atoms with E-state index in [2.05, 4.69) is 21.2 Å². The van der Waals surface area contributed by atoms with Gasteiger partial charge in [0.1, 0.15) is 18.3 Å². The number of amides is 2. The zero-order valence-corrected chi connectivity index (χ0v) is 29.6. The third-order valence-corrected chi connectivity index (χ3v) is 10.1. The van der Waals surface area contributed by atoms with Crippen molar-refractivity contribution in [2.45, 2.75) is 64.1 Å². The van der Waals surface area contributed by atoms with Gasteiger partial charge in [-0.2, -0.15) is 0 Å². The van der Waals surface area contributed by atoms with Gasteiger partial charge < -0.3 is 15.0 Å². The fourth-order valence-corrected chi connectivity index (χ4v) is 6.93. The lowest BCUT2D eigenvalue weighted by Gasteiger charge is -2.34. The molecular formula is C37H42BrN3O5S. The molecule has 2 atom stereocenters. The van der Waals surface area contributed by atoms with Gasteiger partial charge in [0.25, 0.3) is 10.0 Å². The molecule has 248 valence electrons. The number of ether oxygens (including phenoxy) is 1. The number of carbonyl (C=O) groups is 2. The average Bonchev–Trinajstić information content (AvgIpc) is 3.06. The molecule has 0 aliphatic heterocycles. The van der Waals surface area contributed by atoms with Gasteiger partial charge in [-0.05, 0) is 86.8 Å². The number of hydrogen-bond acceptors (Lipinski definition) is 5. The van der Waals surface area contributed by atoms with Crippen molar-refractivity contribution < 1.29 is 22.7 Å². The minimum atomic E-state index is -4.19. The van der Waals surface area contributed by atoms with Crippen molar-refractivity contribution in [1.29, 1.82) is 0 Å². The summed E-state index contributed by atoms with van der Waals surface area (Å²) < 4.78 is 36.0. The van der Waals surface area contributed by atoms with Crippen LogP contribution in [0, 0.1) is 6.92 Å². The quantitative estimate of drug-likeness (QED) is 0.144. The molecule has 10 heteroatoms. The van der Waals surface area contributed by atoms with Crippen molar-refractivity contribution in [2.75, 3.05) is 17.5 Å². The standard InChI is InChI=1S/C37H42BrN3O5S/c1-5-28(4)39-37(43)35(24-29-11-8-7-9-12-29)40(25-30-13-10-14-31(38)23-30)36(42)26-41(32-17-19-33(20-18-32)46-6-2)47(44,45)34-21-15-27(3)16-22-34/h7-23,28,35H,5-6,24-26H2,1-4H3,(H,39,43)/t28-,35-/m0/s1. The van der Waals surface area contributed by atoms with Crippen LogP contribution in [0.15, 0.2) is 112 Å². The van der Waals surface area contributed by atoms with Crippen molar-refractivity contribution in [3.05, 3.63) is 124 Å². The molecule has 4 aromatic rings. The maximum atomic E-state index is 14.6. The molecule has 0 unspecified atom stereocenters. The van der Waals surface area contributed by atoms with Gasteiger partial charge in [0.2, 0.25) is 11.8 Å². The Hall–Kier alpha value is -4.15. The van der Waals surface area contributed by atoms with Crippen molar-refractivity contribution in [3.8, 4) is 5.75 Å². The van der Waals surface area contributed by atoms with Crippen LogP contribution < -0.4 is 14.4 Å². The number of sulfonamides is 1. The van der Waals surface area contributed by atoms with Crippen LogP contribution in [-0.4, -0.2) is 50.4 Å². The number of aryl methyl sites for hydroxylation is 1. The summed E-state index contributed by atoms with van der Waals surface area (Å²) in [6.45, 7) is 7.65. The van der Waals surface area contributed by atoms with Crippen molar-refractivity contribution in [1.82, 2.24) is 10.2 Å². The Bertz CT molecular complexity index is 1730. The Morgan fingerprint density at radius 2 is 1.53 bits per heavy atom. The summed E-state index contributed by atoms with van der Waals surface area (Å²) in [4.78, 5) is 30.1. The highest BCUT2D eigenvalue weighted by Crippen LogP contribution is 2.27. The first-order valence-electron chi connectivity index (χ1n) is 15.7. The Morgan fingerprint density at radius 1 is 0.872 bits per heavy atom. The molecule has 47 heavy (non-hydrogen) atoms. The van der Waals surface area contributed by atoms with Crippen LogP contribution in [0.3, 0.4) is 0 Å². The maximum absolute atomic E-state index is 14.6. The number of hydrogen-bond donors (Lipinski definition) is 1. The number of benzene rings is 4. The van der Waals surface area contributed by atoms with Crippen LogP contribution in [0.4, 0.5) is 5.69 Å². The second kappa shape index (κ2) is 16.6. The number of nitrogens with zero attached hydrogens (tertiary/aromatic N) is 2. The molecule has 0 fully saturated rings. The smallest absolute Gasteiger partial charge is 0.264 e. The maximum Gasteiger partial charge on any atom is 0.264 e. The number of rotatable bonds is 15. The fraction of sp³-hybridized carbons (Fsp3) is 0.297. The summed E-state index contributed by atoms with van der Waals surface area (Å²) in [6.07, 6.45) is 0.959. The minimum absolute atomic E-state index is 0.0543. The van der Waals surface area contributed by atoms with E-state index in [9.17, 15) is 18.0 Å². The van der Waals surface area contributed by atoms with Gasteiger partial charge in [-0.1, -0.05) is 83.0 Å². The Balaban J connectivity index is 1.81. The van der Waals surface area contributed by atoms with Crippen LogP contribution >= 0.6 is 15.9 Å². The van der Waals surface area contributed by atoms with Crippen LogP contribution in [0.25, 0.3) is 0 Å². The van der Waals surface area contributed by atoms with Crippen LogP contribution in [0.1, 0.15) is 43.9 Å². The molecule has 4 rings (SSSR count). The van der Waals surface area contributed by atoms with Crippen molar-refractivity contribution >= 4 is 43.5 Å². The predicted molar refractivity (Wildman–Crippen MR) is 190 cm³/mol. The topological polar surface area (TPSA) is 96.0 Å². The van der Waals surface area contributed by atoms with E-state index in [-0.39, 0.29) is 29.8 Å². The molecule has 0 heterocycles. The molecular weight excluding hydrogens is 678 g/mol.